The minimum Gasteiger partial charge on any atom is -0.449 e. The molecule has 1 heterocycles. The molecule has 5 nitrogen and oxygen atoms in total. The van der Waals surface area contributed by atoms with Crippen LogP contribution in [0, 0.1) is 0 Å². The summed E-state index contributed by atoms with van der Waals surface area (Å²) in [5.41, 5.74) is 0.0402. The van der Waals surface area contributed by atoms with Gasteiger partial charge in [-0.3, -0.25) is 0 Å². The fraction of sp³-hybridized carbons (Fsp3) is 0.500. The lowest BCUT2D eigenvalue weighted by atomic mass is 9.93. The fourth-order valence-electron chi connectivity index (χ4n) is 0.850. The maximum Gasteiger partial charge on any atom is 0.435 e. The molecule has 0 fully saturated rings. The molecule has 0 aromatic carbocycles. The Bertz CT molecular complexity index is 330. The Morgan fingerprint density at radius 3 is 2.71 bits per heavy atom. The molecular formula is C8H13BN2O3. The van der Waals surface area contributed by atoms with E-state index in [0.29, 0.717) is 5.46 Å². The molecule has 0 saturated carbocycles. The molecule has 0 spiro atoms. The van der Waals surface area contributed by atoms with Crippen LogP contribution < -0.4 is 5.46 Å². The third-order valence-corrected chi connectivity index (χ3v) is 1.40. The molecular weight excluding hydrogens is 183 g/mol. The van der Waals surface area contributed by atoms with Gasteiger partial charge in [0.1, 0.15) is 5.60 Å². The zero-order chi connectivity index (χ0) is 10.8. The number of hydrogen-bond acceptors (Lipinski definition) is 4. The van der Waals surface area contributed by atoms with E-state index in [1.807, 2.05) is 0 Å². The first kappa shape index (κ1) is 10.8. The minimum atomic E-state index is -0.544. The van der Waals surface area contributed by atoms with Crippen molar-refractivity contribution in [2.45, 2.75) is 26.4 Å². The predicted octanol–water partition coefficient (Wildman–Crippen LogP) is -0.365. The van der Waals surface area contributed by atoms with E-state index >= 15 is 0 Å². The molecule has 1 aromatic heterocycles. The molecule has 0 amide bonds. The van der Waals surface area contributed by atoms with Crippen LogP contribution in [-0.2, 0) is 4.74 Å². The Hall–Kier alpha value is -1.30. The lowest BCUT2D eigenvalue weighted by Gasteiger charge is -2.18. The molecule has 0 atom stereocenters. The van der Waals surface area contributed by atoms with Crippen molar-refractivity contribution >= 4 is 19.0 Å². The van der Waals surface area contributed by atoms with Gasteiger partial charge in [0.05, 0.1) is 0 Å². The van der Waals surface area contributed by atoms with Crippen LogP contribution in [-0.4, -0.2) is 34.0 Å². The molecule has 6 heteroatoms. The van der Waals surface area contributed by atoms with E-state index in [-0.39, 0.29) is 7.48 Å². The minimum absolute atomic E-state index is 0.136. The Labute approximate surface area is 83.0 Å². The van der Waals surface area contributed by atoms with Gasteiger partial charge in [-0.1, -0.05) is 0 Å². The van der Waals surface area contributed by atoms with Gasteiger partial charge in [0.25, 0.3) is 0 Å². The van der Waals surface area contributed by atoms with Crippen LogP contribution in [0.3, 0.4) is 0 Å². The van der Waals surface area contributed by atoms with Crippen molar-refractivity contribution in [3.05, 3.63) is 12.4 Å². The summed E-state index contributed by atoms with van der Waals surface area (Å²) in [6.45, 7) is 5.34. The predicted molar refractivity (Wildman–Crippen MR) is 52.9 cm³/mol. The van der Waals surface area contributed by atoms with Crippen molar-refractivity contribution in [2.75, 3.05) is 0 Å². The quantitative estimate of drug-likeness (QED) is 0.622. The van der Waals surface area contributed by atoms with Crippen molar-refractivity contribution in [3.8, 4) is 0 Å². The molecule has 0 saturated heterocycles. The molecule has 1 rings (SSSR count). The Balaban J connectivity index is 2.70. The van der Waals surface area contributed by atoms with Gasteiger partial charge in [0, 0.05) is 12.4 Å². The van der Waals surface area contributed by atoms with Gasteiger partial charge in [-0.05, 0) is 26.2 Å². The second kappa shape index (κ2) is 3.83. The van der Waals surface area contributed by atoms with E-state index < -0.39 is 11.7 Å². The lowest BCUT2D eigenvalue weighted by Crippen LogP contribution is -2.27. The monoisotopic (exact) mass is 196 g/mol. The maximum absolute atomic E-state index is 11.4. The van der Waals surface area contributed by atoms with Gasteiger partial charge in [-0.15, -0.1) is 0 Å². The average molecular weight is 196 g/mol. The molecule has 14 heavy (non-hydrogen) atoms. The van der Waals surface area contributed by atoms with Crippen LogP contribution in [0.4, 0.5) is 4.79 Å². The zero-order valence-corrected chi connectivity index (χ0v) is 8.52. The summed E-state index contributed by atoms with van der Waals surface area (Å²) in [4.78, 5) is 11.4. The second-order valence-corrected chi connectivity index (χ2v) is 3.93. The van der Waals surface area contributed by atoms with Crippen LogP contribution in [0.2, 0.25) is 0 Å². The van der Waals surface area contributed by atoms with Gasteiger partial charge in [0.15, 0.2) is 0 Å². The first-order valence-corrected chi connectivity index (χ1v) is 4.30. The number of carbonyl (C=O) groups is 1. The molecule has 0 unspecified atom stereocenters. The third kappa shape index (κ3) is 2.88. The Kier molecular flexibility index (Phi) is 2.95. The van der Waals surface area contributed by atoms with Crippen LogP contribution in [0.25, 0.3) is 0 Å². The van der Waals surface area contributed by atoms with E-state index in [4.69, 9.17) is 9.76 Å². The molecule has 0 bridgehead atoms. The van der Waals surface area contributed by atoms with Crippen molar-refractivity contribution in [1.29, 1.82) is 0 Å². The fourth-order valence-corrected chi connectivity index (χ4v) is 0.850. The highest BCUT2D eigenvalue weighted by atomic mass is 16.6. The third-order valence-electron chi connectivity index (χ3n) is 1.40. The highest BCUT2D eigenvalue weighted by Crippen LogP contribution is 2.07. The first-order chi connectivity index (χ1) is 6.42. The smallest absolute Gasteiger partial charge is 0.435 e. The van der Waals surface area contributed by atoms with Crippen LogP contribution in [0.5, 0.6) is 0 Å². The average Bonchev–Trinajstić information content (AvgIpc) is 2.48. The van der Waals surface area contributed by atoms with E-state index in [9.17, 15) is 4.79 Å². The van der Waals surface area contributed by atoms with Gasteiger partial charge in [0.2, 0.25) is 0 Å². The molecule has 0 aliphatic carbocycles. The standard InChI is InChI=1S/C8H13BN2O3/c1-8(2,3)14-7(12)11-5-6(9-13)4-10-11/h4-5,9,13H,1-3H3. The topological polar surface area (TPSA) is 64.3 Å². The summed E-state index contributed by atoms with van der Waals surface area (Å²) < 4.78 is 6.13. The number of carbonyl (C=O) groups excluding carboxylic acids is 1. The summed E-state index contributed by atoms with van der Waals surface area (Å²) >= 11 is 0. The summed E-state index contributed by atoms with van der Waals surface area (Å²) in [5.74, 6) is 0. The van der Waals surface area contributed by atoms with Crippen molar-refractivity contribution < 1.29 is 14.6 Å². The van der Waals surface area contributed by atoms with Crippen molar-refractivity contribution in [1.82, 2.24) is 9.78 Å². The van der Waals surface area contributed by atoms with E-state index in [1.165, 1.54) is 12.4 Å². The first-order valence-electron chi connectivity index (χ1n) is 4.30. The van der Waals surface area contributed by atoms with Gasteiger partial charge in [-0.2, -0.15) is 9.78 Å². The maximum atomic E-state index is 11.4. The number of rotatable bonds is 1. The van der Waals surface area contributed by atoms with Crippen LogP contribution in [0.15, 0.2) is 12.4 Å². The van der Waals surface area contributed by atoms with Crippen LogP contribution >= 0.6 is 0 Å². The zero-order valence-electron chi connectivity index (χ0n) is 8.52. The summed E-state index contributed by atoms with van der Waals surface area (Å²) in [7, 11) is -0.136. The van der Waals surface area contributed by atoms with E-state index in [2.05, 4.69) is 5.10 Å². The highest BCUT2D eigenvalue weighted by Gasteiger charge is 2.18. The molecule has 76 valence electrons. The number of nitrogens with zero attached hydrogens (tertiary/aromatic N) is 2. The van der Waals surface area contributed by atoms with Gasteiger partial charge in [-0.25, -0.2) is 4.79 Å². The second-order valence-electron chi connectivity index (χ2n) is 3.93. The van der Waals surface area contributed by atoms with Crippen molar-refractivity contribution in [2.24, 2.45) is 0 Å². The molecule has 0 aliphatic heterocycles. The van der Waals surface area contributed by atoms with E-state index in [1.54, 1.807) is 20.8 Å². The summed E-state index contributed by atoms with van der Waals surface area (Å²) in [5, 5.41) is 12.5. The molecule has 1 aromatic rings. The van der Waals surface area contributed by atoms with Gasteiger partial charge < -0.3 is 9.76 Å². The summed E-state index contributed by atoms with van der Waals surface area (Å²) in [6, 6.07) is 0. The summed E-state index contributed by atoms with van der Waals surface area (Å²) in [6.07, 6.45) is 2.31. The molecule has 1 N–H and O–H groups in total. The van der Waals surface area contributed by atoms with E-state index in [0.717, 1.165) is 4.68 Å². The molecule has 0 radical (unpaired) electrons. The number of ether oxygens (including phenoxy) is 1. The van der Waals surface area contributed by atoms with Gasteiger partial charge >= 0.3 is 13.6 Å². The largest absolute Gasteiger partial charge is 0.449 e. The molecule has 0 aliphatic rings. The lowest BCUT2D eigenvalue weighted by molar-refractivity contribution is 0.0514. The SMILES string of the molecule is CC(C)(C)OC(=O)n1cc(BO)cn1. The Morgan fingerprint density at radius 1 is 1.64 bits per heavy atom. The van der Waals surface area contributed by atoms with Crippen molar-refractivity contribution in [3.63, 3.8) is 0 Å². The number of aromatic nitrogens is 2. The normalized spacial score (nSPS) is 11.1. The Morgan fingerprint density at radius 2 is 2.29 bits per heavy atom. The van der Waals surface area contributed by atoms with Crippen LogP contribution in [0.1, 0.15) is 20.8 Å². The highest BCUT2D eigenvalue weighted by molar-refractivity contribution is 6.45. The number of hydrogen-bond donors (Lipinski definition) is 1.